The van der Waals surface area contributed by atoms with Gasteiger partial charge in [-0.05, 0) is 43.1 Å². The molecule has 2 nitrogen and oxygen atoms in total. The largest absolute Gasteiger partial charge is 0.306 e. The summed E-state index contributed by atoms with van der Waals surface area (Å²) in [5.74, 6) is 1.27. The second kappa shape index (κ2) is 5.76. The molecule has 0 aliphatic heterocycles. The van der Waals surface area contributed by atoms with E-state index in [0.29, 0.717) is 11.3 Å². The molecule has 1 N–H and O–H groups in total. The SMILES string of the molecule is CCNC1(c2nc(C(C)C)cs2)CC(C)CC(C)(C)C1. The number of thiazole rings is 1. The van der Waals surface area contributed by atoms with Crippen LogP contribution in [-0.2, 0) is 5.54 Å². The van der Waals surface area contributed by atoms with Crippen LogP contribution in [0.4, 0.5) is 0 Å². The van der Waals surface area contributed by atoms with Gasteiger partial charge in [-0.2, -0.15) is 0 Å². The lowest BCUT2D eigenvalue weighted by molar-refractivity contribution is 0.0806. The van der Waals surface area contributed by atoms with Crippen LogP contribution in [-0.4, -0.2) is 11.5 Å². The fraction of sp³-hybridized carbons (Fsp3) is 0.824. The van der Waals surface area contributed by atoms with Crippen molar-refractivity contribution in [2.45, 2.75) is 72.3 Å². The van der Waals surface area contributed by atoms with E-state index >= 15 is 0 Å². The highest BCUT2D eigenvalue weighted by molar-refractivity contribution is 7.09. The molecule has 2 atom stereocenters. The average Bonchev–Trinajstić information content (AvgIpc) is 2.75. The van der Waals surface area contributed by atoms with Crippen molar-refractivity contribution < 1.29 is 0 Å². The quantitative estimate of drug-likeness (QED) is 0.852. The van der Waals surface area contributed by atoms with Crippen molar-refractivity contribution in [1.82, 2.24) is 10.3 Å². The van der Waals surface area contributed by atoms with Gasteiger partial charge in [0, 0.05) is 5.38 Å². The Morgan fingerprint density at radius 1 is 1.40 bits per heavy atom. The Morgan fingerprint density at radius 2 is 2.10 bits per heavy atom. The summed E-state index contributed by atoms with van der Waals surface area (Å²) in [6, 6.07) is 0. The maximum atomic E-state index is 4.98. The molecule has 2 rings (SSSR count). The van der Waals surface area contributed by atoms with Crippen LogP contribution in [0.2, 0.25) is 0 Å². The maximum absolute atomic E-state index is 4.98. The third-order valence-electron chi connectivity index (χ3n) is 4.42. The molecule has 1 heterocycles. The molecular weight excluding hydrogens is 264 g/mol. The normalized spacial score (nSPS) is 29.9. The first kappa shape index (κ1) is 16.0. The molecular formula is C17H30N2S. The van der Waals surface area contributed by atoms with E-state index in [1.807, 2.05) is 11.3 Å². The van der Waals surface area contributed by atoms with Gasteiger partial charge in [-0.3, -0.25) is 0 Å². The lowest BCUT2D eigenvalue weighted by Crippen LogP contribution is -2.50. The first-order chi connectivity index (χ1) is 9.28. The van der Waals surface area contributed by atoms with Gasteiger partial charge in [-0.25, -0.2) is 4.98 Å². The fourth-order valence-electron chi connectivity index (χ4n) is 4.05. The van der Waals surface area contributed by atoms with Crippen LogP contribution in [0.15, 0.2) is 5.38 Å². The molecule has 114 valence electrons. The predicted octanol–water partition coefficient (Wildman–Crippen LogP) is 4.92. The summed E-state index contributed by atoms with van der Waals surface area (Å²) >= 11 is 1.85. The minimum atomic E-state index is 0.0910. The number of aromatic nitrogens is 1. The second-order valence-electron chi connectivity index (χ2n) is 7.70. The Hall–Kier alpha value is -0.410. The zero-order chi connectivity index (χ0) is 15.0. The zero-order valence-electron chi connectivity index (χ0n) is 13.9. The van der Waals surface area contributed by atoms with Gasteiger partial charge in [0.15, 0.2) is 0 Å². The fourth-order valence-corrected chi connectivity index (χ4v) is 5.22. The maximum Gasteiger partial charge on any atom is 0.113 e. The molecule has 1 fully saturated rings. The van der Waals surface area contributed by atoms with E-state index in [-0.39, 0.29) is 5.54 Å². The van der Waals surface area contributed by atoms with Crippen LogP contribution in [0.25, 0.3) is 0 Å². The van der Waals surface area contributed by atoms with Crippen molar-refractivity contribution in [2.24, 2.45) is 11.3 Å². The Bertz CT molecular complexity index is 450. The molecule has 0 bridgehead atoms. The first-order valence-electron chi connectivity index (χ1n) is 7.99. The minimum absolute atomic E-state index is 0.0910. The van der Waals surface area contributed by atoms with Crippen molar-refractivity contribution in [1.29, 1.82) is 0 Å². The van der Waals surface area contributed by atoms with Crippen molar-refractivity contribution in [3.05, 3.63) is 16.1 Å². The summed E-state index contributed by atoms with van der Waals surface area (Å²) in [7, 11) is 0. The van der Waals surface area contributed by atoms with Gasteiger partial charge in [0.25, 0.3) is 0 Å². The van der Waals surface area contributed by atoms with Crippen LogP contribution in [0, 0.1) is 11.3 Å². The van der Waals surface area contributed by atoms with Crippen molar-refractivity contribution >= 4 is 11.3 Å². The molecule has 0 saturated heterocycles. The van der Waals surface area contributed by atoms with Crippen LogP contribution < -0.4 is 5.32 Å². The minimum Gasteiger partial charge on any atom is -0.306 e. The smallest absolute Gasteiger partial charge is 0.113 e. The molecule has 20 heavy (non-hydrogen) atoms. The molecule has 1 saturated carbocycles. The first-order valence-corrected chi connectivity index (χ1v) is 8.87. The summed E-state index contributed by atoms with van der Waals surface area (Å²) in [4.78, 5) is 4.98. The second-order valence-corrected chi connectivity index (χ2v) is 8.56. The van der Waals surface area contributed by atoms with E-state index < -0.39 is 0 Å². The molecule has 1 aliphatic carbocycles. The molecule has 0 aromatic carbocycles. The predicted molar refractivity (Wildman–Crippen MR) is 88.4 cm³/mol. The average molecular weight is 295 g/mol. The Kier molecular flexibility index (Phi) is 4.60. The topological polar surface area (TPSA) is 24.9 Å². The third kappa shape index (κ3) is 3.25. The number of hydrogen-bond donors (Lipinski definition) is 1. The summed E-state index contributed by atoms with van der Waals surface area (Å²) in [5.41, 5.74) is 1.73. The van der Waals surface area contributed by atoms with Crippen LogP contribution in [0.5, 0.6) is 0 Å². The highest BCUT2D eigenvalue weighted by atomic mass is 32.1. The van der Waals surface area contributed by atoms with Gasteiger partial charge in [0.05, 0.1) is 11.2 Å². The summed E-state index contributed by atoms with van der Waals surface area (Å²) in [5, 5.41) is 7.36. The summed E-state index contributed by atoms with van der Waals surface area (Å²) in [6.07, 6.45) is 3.74. The van der Waals surface area contributed by atoms with E-state index in [9.17, 15) is 0 Å². The van der Waals surface area contributed by atoms with Crippen molar-refractivity contribution in [3.63, 3.8) is 0 Å². The van der Waals surface area contributed by atoms with Crippen LogP contribution >= 0.6 is 11.3 Å². The standard InChI is InChI=1S/C17H30N2S/c1-7-18-17(9-13(4)8-16(5,6)11-17)15-19-14(10-20-15)12(2)3/h10,12-13,18H,7-9,11H2,1-6H3. The Balaban J connectivity index is 2.37. The van der Waals surface area contributed by atoms with Crippen LogP contribution in [0.3, 0.4) is 0 Å². The van der Waals surface area contributed by atoms with E-state index in [2.05, 4.69) is 52.2 Å². The van der Waals surface area contributed by atoms with E-state index in [0.717, 1.165) is 12.5 Å². The van der Waals surface area contributed by atoms with Gasteiger partial charge < -0.3 is 5.32 Å². The van der Waals surface area contributed by atoms with Crippen LogP contribution in [0.1, 0.15) is 77.4 Å². The summed E-state index contributed by atoms with van der Waals surface area (Å²) in [6.45, 7) is 14.9. The molecule has 0 amide bonds. The zero-order valence-corrected chi connectivity index (χ0v) is 14.7. The Labute approximate surface area is 128 Å². The molecule has 3 heteroatoms. The third-order valence-corrected chi connectivity index (χ3v) is 5.48. The summed E-state index contributed by atoms with van der Waals surface area (Å²) < 4.78 is 0. The number of nitrogens with one attached hydrogen (secondary N) is 1. The van der Waals surface area contributed by atoms with Gasteiger partial charge in [-0.1, -0.05) is 41.5 Å². The lowest BCUT2D eigenvalue weighted by atomic mass is 9.64. The van der Waals surface area contributed by atoms with Gasteiger partial charge in [-0.15, -0.1) is 11.3 Å². The molecule has 2 unspecified atom stereocenters. The molecule has 0 radical (unpaired) electrons. The van der Waals surface area contributed by atoms with Gasteiger partial charge >= 0.3 is 0 Å². The molecule has 1 aliphatic rings. The number of hydrogen-bond acceptors (Lipinski definition) is 3. The van der Waals surface area contributed by atoms with Gasteiger partial charge in [0.2, 0.25) is 0 Å². The highest BCUT2D eigenvalue weighted by Gasteiger charge is 2.45. The van der Waals surface area contributed by atoms with Gasteiger partial charge in [0.1, 0.15) is 5.01 Å². The number of rotatable bonds is 4. The molecule has 0 spiro atoms. The van der Waals surface area contributed by atoms with E-state index in [4.69, 9.17) is 4.98 Å². The molecule has 1 aromatic heterocycles. The lowest BCUT2D eigenvalue weighted by Gasteiger charge is -2.47. The van der Waals surface area contributed by atoms with Crippen molar-refractivity contribution in [3.8, 4) is 0 Å². The molecule has 1 aromatic rings. The van der Waals surface area contributed by atoms with E-state index in [1.165, 1.54) is 30.0 Å². The highest BCUT2D eigenvalue weighted by Crippen LogP contribution is 2.49. The Morgan fingerprint density at radius 3 is 2.60 bits per heavy atom. The van der Waals surface area contributed by atoms with E-state index in [1.54, 1.807) is 0 Å². The monoisotopic (exact) mass is 294 g/mol. The van der Waals surface area contributed by atoms with Crippen molar-refractivity contribution in [2.75, 3.05) is 6.54 Å². The number of nitrogens with zero attached hydrogens (tertiary/aromatic N) is 1.